The second-order valence-corrected chi connectivity index (χ2v) is 12.4. The smallest absolute Gasteiger partial charge is 0.264 e. The molecule has 0 heterocycles. The first-order valence-corrected chi connectivity index (χ1v) is 14.8. The van der Waals surface area contributed by atoms with Gasteiger partial charge in [0, 0.05) is 12.1 Å². The van der Waals surface area contributed by atoms with Crippen LogP contribution in [0.2, 0.25) is 0 Å². The summed E-state index contributed by atoms with van der Waals surface area (Å²) in [5.41, 5.74) is 0.535. The first kappa shape index (κ1) is 31.5. The van der Waals surface area contributed by atoms with Gasteiger partial charge in [0.15, 0.2) is 0 Å². The predicted octanol–water partition coefficient (Wildman–Crippen LogP) is 4.62. The lowest BCUT2D eigenvalue weighted by Gasteiger charge is -2.34. The van der Waals surface area contributed by atoms with Gasteiger partial charge in [0.25, 0.3) is 10.0 Å². The van der Waals surface area contributed by atoms with E-state index in [1.165, 1.54) is 24.1 Å². The van der Waals surface area contributed by atoms with Crippen LogP contribution in [0.1, 0.15) is 39.7 Å². The Bertz CT molecular complexity index is 1400. The summed E-state index contributed by atoms with van der Waals surface area (Å²) >= 11 is 0. The number of carbonyl (C=O) groups excluding carboxylic acids is 2. The predicted molar refractivity (Wildman–Crippen MR) is 159 cm³/mol. The van der Waals surface area contributed by atoms with Gasteiger partial charge >= 0.3 is 0 Å². The molecule has 0 aliphatic heterocycles. The molecule has 0 aromatic heterocycles. The third-order valence-corrected chi connectivity index (χ3v) is 8.15. The first-order valence-electron chi connectivity index (χ1n) is 13.4. The van der Waals surface area contributed by atoms with Crippen LogP contribution in [0.3, 0.4) is 0 Å². The molecule has 3 rings (SSSR count). The van der Waals surface area contributed by atoms with Gasteiger partial charge in [-0.05, 0) is 81.3 Å². The fourth-order valence-electron chi connectivity index (χ4n) is 4.30. The lowest BCUT2D eigenvalue weighted by molar-refractivity contribution is -0.141. The van der Waals surface area contributed by atoms with Crippen molar-refractivity contribution >= 4 is 27.5 Å². The molecule has 0 saturated carbocycles. The molecular formula is C31H39N3O6S. The average Bonchev–Trinajstić information content (AvgIpc) is 2.95. The van der Waals surface area contributed by atoms with Crippen LogP contribution in [0, 0.1) is 0 Å². The van der Waals surface area contributed by atoms with Crippen molar-refractivity contribution in [3.63, 3.8) is 0 Å². The van der Waals surface area contributed by atoms with Crippen LogP contribution in [0.15, 0.2) is 83.8 Å². The summed E-state index contributed by atoms with van der Waals surface area (Å²) in [6, 6.07) is 20.7. The highest BCUT2D eigenvalue weighted by atomic mass is 32.2. The van der Waals surface area contributed by atoms with Crippen LogP contribution in [-0.4, -0.2) is 57.5 Å². The Morgan fingerprint density at radius 1 is 0.854 bits per heavy atom. The minimum absolute atomic E-state index is 0.0443. The largest absolute Gasteiger partial charge is 0.497 e. The van der Waals surface area contributed by atoms with Gasteiger partial charge < -0.3 is 19.7 Å². The van der Waals surface area contributed by atoms with E-state index in [0.717, 1.165) is 9.87 Å². The first-order chi connectivity index (χ1) is 19.4. The standard InChI is InChI=1S/C31H39N3O6S/c1-7-28(30(36)32-31(2,3)4)33(21-23-13-17-25(39-5)18-14-23)29(35)22-34(24-15-19-26(40-6)20-16-24)41(37,38)27-11-9-8-10-12-27/h8-20,28H,7,21-22H2,1-6H3,(H,32,36)/t28-/m0/s1. The Kier molecular flexibility index (Phi) is 10.4. The maximum absolute atomic E-state index is 14.1. The average molecular weight is 582 g/mol. The zero-order chi connectivity index (χ0) is 30.2. The summed E-state index contributed by atoms with van der Waals surface area (Å²) < 4.78 is 39.3. The number of sulfonamides is 1. The normalized spacial score (nSPS) is 12.2. The van der Waals surface area contributed by atoms with Crippen LogP contribution in [-0.2, 0) is 26.2 Å². The molecule has 3 aromatic rings. The van der Waals surface area contributed by atoms with Crippen molar-refractivity contribution < 1.29 is 27.5 Å². The number of rotatable bonds is 12. The van der Waals surface area contributed by atoms with Crippen molar-refractivity contribution in [2.75, 3.05) is 25.1 Å². The molecule has 0 fully saturated rings. The third kappa shape index (κ3) is 8.23. The Morgan fingerprint density at radius 2 is 1.39 bits per heavy atom. The van der Waals surface area contributed by atoms with Gasteiger partial charge in [0.05, 0.1) is 24.8 Å². The topological polar surface area (TPSA) is 105 Å². The molecule has 0 radical (unpaired) electrons. The molecule has 41 heavy (non-hydrogen) atoms. The van der Waals surface area contributed by atoms with Gasteiger partial charge in [-0.15, -0.1) is 0 Å². The molecule has 1 atom stereocenters. The van der Waals surface area contributed by atoms with E-state index in [1.807, 2.05) is 39.8 Å². The fraction of sp³-hybridized carbons (Fsp3) is 0.355. The molecule has 9 nitrogen and oxygen atoms in total. The Labute approximate surface area is 243 Å². The molecule has 3 aromatic carbocycles. The van der Waals surface area contributed by atoms with Crippen molar-refractivity contribution in [3.8, 4) is 11.5 Å². The van der Waals surface area contributed by atoms with Gasteiger partial charge in [0.2, 0.25) is 11.8 Å². The van der Waals surface area contributed by atoms with Crippen LogP contribution in [0.5, 0.6) is 11.5 Å². The van der Waals surface area contributed by atoms with E-state index in [1.54, 1.807) is 61.7 Å². The Balaban J connectivity index is 2.06. The second kappa shape index (κ2) is 13.5. The van der Waals surface area contributed by atoms with E-state index in [-0.39, 0.29) is 17.3 Å². The summed E-state index contributed by atoms with van der Waals surface area (Å²) in [5.74, 6) is 0.364. The van der Waals surface area contributed by atoms with Crippen molar-refractivity contribution in [2.24, 2.45) is 0 Å². The van der Waals surface area contributed by atoms with Crippen LogP contribution >= 0.6 is 0 Å². The van der Waals surface area contributed by atoms with E-state index >= 15 is 0 Å². The molecule has 220 valence electrons. The van der Waals surface area contributed by atoms with Gasteiger partial charge in [-0.1, -0.05) is 37.3 Å². The number of nitrogens with one attached hydrogen (secondary N) is 1. The number of anilines is 1. The fourth-order valence-corrected chi connectivity index (χ4v) is 5.73. The summed E-state index contributed by atoms with van der Waals surface area (Å²) in [5, 5.41) is 2.96. The molecule has 0 spiro atoms. The highest BCUT2D eigenvalue weighted by molar-refractivity contribution is 7.92. The van der Waals surface area contributed by atoms with Crippen molar-refractivity contribution in [1.82, 2.24) is 10.2 Å². The van der Waals surface area contributed by atoms with Crippen LogP contribution in [0.25, 0.3) is 0 Å². The third-order valence-electron chi connectivity index (χ3n) is 6.37. The highest BCUT2D eigenvalue weighted by Gasteiger charge is 2.34. The number of ether oxygens (including phenoxy) is 2. The maximum atomic E-state index is 14.1. The highest BCUT2D eigenvalue weighted by Crippen LogP contribution is 2.27. The second-order valence-electron chi connectivity index (χ2n) is 10.6. The zero-order valence-corrected chi connectivity index (χ0v) is 25.3. The van der Waals surface area contributed by atoms with Crippen molar-refractivity contribution in [3.05, 3.63) is 84.4 Å². The van der Waals surface area contributed by atoms with Crippen LogP contribution < -0.4 is 19.1 Å². The molecule has 10 heteroatoms. The summed E-state index contributed by atoms with van der Waals surface area (Å²) in [6.07, 6.45) is 0.331. The van der Waals surface area contributed by atoms with Crippen LogP contribution in [0.4, 0.5) is 5.69 Å². The number of benzene rings is 3. The van der Waals surface area contributed by atoms with Gasteiger partial charge in [-0.3, -0.25) is 13.9 Å². The van der Waals surface area contributed by atoms with E-state index in [2.05, 4.69) is 5.32 Å². The van der Waals surface area contributed by atoms with E-state index in [4.69, 9.17) is 9.47 Å². The minimum atomic E-state index is -4.14. The quantitative estimate of drug-likeness (QED) is 0.335. The maximum Gasteiger partial charge on any atom is 0.264 e. The molecule has 1 N–H and O–H groups in total. The van der Waals surface area contributed by atoms with Crippen molar-refractivity contribution in [1.29, 1.82) is 0 Å². The summed E-state index contributed by atoms with van der Waals surface area (Å²) in [4.78, 5) is 29.0. The number of hydrogen-bond donors (Lipinski definition) is 1. The number of methoxy groups -OCH3 is 2. The molecule has 0 unspecified atom stereocenters. The Morgan fingerprint density at radius 3 is 1.88 bits per heavy atom. The molecule has 2 amide bonds. The lowest BCUT2D eigenvalue weighted by atomic mass is 10.1. The zero-order valence-electron chi connectivity index (χ0n) is 24.5. The summed E-state index contributed by atoms with van der Waals surface area (Å²) in [6.45, 7) is 7.00. The molecule has 0 saturated heterocycles. The number of hydrogen-bond acceptors (Lipinski definition) is 6. The van der Waals surface area contributed by atoms with Crippen molar-refractivity contribution in [2.45, 2.75) is 57.1 Å². The van der Waals surface area contributed by atoms with E-state index < -0.39 is 34.1 Å². The van der Waals surface area contributed by atoms with Gasteiger partial charge in [0.1, 0.15) is 24.1 Å². The Hall–Kier alpha value is -4.05. The molecular weight excluding hydrogens is 542 g/mol. The SMILES string of the molecule is CC[C@@H](C(=O)NC(C)(C)C)N(Cc1ccc(OC)cc1)C(=O)CN(c1ccc(OC)cc1)S(=O)(=O)c1ccccc1. The monoisotopic (exact) mass is 581 g/mol. The molecule has 0 aliphatic carbocycles. The summed E-state index contributed by atoms with van der Waals surface area (Å²) in [7, 11) is -1.06. The molecule has 0 bridgehead atoms. The van der Waals surface area contributed by atoms with Gasteiger partial charge in [-0.2, -0.15) is 0 Å². The van der Waals surface area contributed by atoms with E-state index in [9.17, 15) is 18.0 Å². The number of carbonyl (C=O) groups is 2. The number of nitrogens with zero attached hydrogens (tertiary/aromatic N) is 2. The lowest BCUT2D eigenvalue weighted by Crippen LogP contribution is -2.55. The minimum Gasteiger partial charge on any atom is -0.497 e. The van der Waals surface area contributed by atoms with E-state index in [0.29, 0.717) is 23.6 Å². The van der Waals surface area contributed by atoms with Gasteiger partial charge in [-0.25, -0.2) is 8.42 Å². The number of amides is 2. The molecule has 0 aliphatic rings.